The van der Waals surface area contributed by atoms with Crippen LogP contribution in [0.5, 0.6) is 0 Å². The van der Waals surface area contributed by atoms with Crippen molar-refractivity contribution >= 4 is 0 Å². The van der Waals surface area contributed by atoms with Gasteiger partial charge in [-0.3, -0.25) is 0 Å². The second kappa shape index (κ2) is 6.20. The molecule has 15 heavy (non-hydrogen) atoms. The average molecular weight is 381 g/mol. The van der Waals surface area contributed by atoms with Crippen LogP contribution >= 0.6 is 0 Å². The molecule has 0 heterocycles. The summed E-state index contributed by atoms with van der Waals surface area (Å²) in [5, 5.41) is 0. The van der Waals surface area contributed by atoms with Crippen molar-refractivity contribution in [2.24, 2.45) is 5.41 Å². The molecule has 0 aliphatic carbocycles. The van der Waals surface area contributed by atoms with Gasteiger partial charge >= 0.3 is 107 Å². The molecule has 0 aromatic rings. The second-order valence-corrected chi connectivity index (χ2v) is 9.89. The molecule has 0 aromatic heterocycles. The first-order valence-corrected chi connectivity index (χ1v) is 7.03. The van der Waals surface area contributed by atoms with Crippen LogP contribution in [0.1, 0.15) is 48.0 Å². The van der Waals surface area contributed by atoms with Gasteiger partial charge in [-0.05, 0) is 0 Å². The van der Waals surface area contributed by atoms with Crippen LogP contribution in [0.2, 0.25) is 3.80 Å². The molecule has 0 bridgehead atoms. The van der Waals surface area contributed by atoms with Gasteiger partial charge in [0.15, 0.2) is 0 Å². The van der Waals surface area contributed by atoms with Crippen molar-refractivity contribution in [2.75, 3.05) is 13.2 Å². The van der Waals surface area contributed by atoms with E-state index in [1.807, 2.05) is 0 Å². The van der Waals surface area contributed by atoms with Crippen LogP contribution in [0.25, 0.3) is 0 Å². The summed E-state index contributed by atoms with van der Waals surface area (Å²) in [7, 11) is 0. The van der Waals surface area contributed by atoms with Crippen LogP contribution < -0.4 is 0 Å². The van der Waals surface area contributed by atoms with E-state index in [-0.39, 0.29) is 5.41 Å². The Morgan fingerprint density at radius 3 is 2.13 bits per heavy atom. The predicted molar refractivity (Wildman–Crippen MR) is 62.7 cm³/mol. The van der Waals surface area contributed by atoms with Gasteiger partial charge in [0.05, 0.1) is 0 Å². The van der Waals surface area contributed by atoms with Crippen LogP contribution in [0.3, 0.4) is 0 Å². The average Bonchev–Trinajstić information content (AvgIpc) is 1.92. The summed E-state index contributed by atoms with van der Waals surface area (Å²) in [6.07, 6.45) is 3.44. The van der Waals surface area contributed by atoms with Crippen LogP contribution in [-0.4, -0.2) is 13.2 Å². The fourth-order valence-corrected chi connectivity index (χ4v) is 1.63. The Kier molecular flexibility index (Phi) is 6.37. The molecule has 89 valence electrons. The molecule has 0 aromatic carbocycles. The maximum absolute atomic E-state index is 5.66. The number of hydrogen-bond donors (Lipinski definition) is 0. The van der Waals surface area contributed by atoms with Crippen LogP contribution in [0.15, 0.2) is 11.6 Å². The fraction of sp³-hybridized carbons (Fsp3) is 0.846. The summed E-state index contributed by atoms with van der Waals surface area (Å²) >= 11 is 1.64. The molecule has 0 amide bonds. The van der Waals surface area contributed by atoms with Gasteiger partial charge in [-0.1, -0.05) is 0 Å². The number of rotatable bonds is 5. The molecule has 0 saturated heterocycles. The van der Waals surface area contributed by atoms with E-state index in [2.05, 4.69) is 47.6 Å². The van der Waals surface area contributed by atoms with E-state index >= 15 is 0 Å². The van der Waals surface area contributed by atoms with E-state index in [0.29, 0.717) is 3.80 Å². The minimum absolute atomic E-state index is 0.265. The van der Waals surface area contributed by atoms with Crippen LogP contribution in [0.4, 0.5) is 0 Å². The van der Waals surface area contributed by atoms with Crippen LogP contribution in [0, 0.1) is 5.41 Å². The summed E-state index contributed by atoms with van der Waals surface area (Å²) in [5.41, 5.74) is 1.60. The van der Waals surface area contributed by atoms with Gasteiger partial charge < -0.3 is 0 Å². The van der Waals surface area contributed by atoms with Crippen molar-refractivity contribution in [3.8, 4) is 0 Å². The molecule has 0 radical (unpaired) electrons. The quantitative estimate of drug-likeness (QED) is 0.514. The Morgan fingerprint density at radius 1 is 1.20 bits per heavy atom. The van der Waals surface area contributed by atoms with Crippen molar-refractivity contribution in [1.29, 1.82) is 0 Å². The first-order chi connectivity index (χ1) is 6.60. The first kappa shape index (κ1) is 15.4. The third kappa shape index (κ3) is 12.3. The zero-order valence-corrected chi connectivity index (χ0v) is 13.9. The topological polar surface area (TPSA) is 9.23 Å². The molecule has 0 aliphatic heterocycles. The van der Waals surface area contributed by atoms with Crippen molar-refractivity contribution in [2.45, 2.75) is 51.8 Å². The summed E-state index contributed by atoms with van der Waals surface area (Å²) in [6.45, 7) is 15.0. The molecule has 0 atom stereocenters. The van der Waals surface area contributed by atoms with Gasteiger partial charge in [0.25, 0.3) is 0 Å². The summed E-state index contributed by atoms with van der Waals surface area (Å²) in [5.74, 6) is 0. The van der Waals surface area contributed by atoms with Gasteiger partial charge in [-0.15, -0.1) is 0 Å². The second-order valence-electron chi connectivity index (χ2n) is 5.92. The maximum atomic E-state index is 5.66. The Labute approximate surface area is 107 Å². The number of hydrogen-bond acceptors (Lipinski definition) is 1. The third-order valence-electron chi connectivity index (χ3n) is 1.86. The van der Waals surface area contributed by atoms with E-state index in [1.54, 1.807) is 19.8 Å². The van der Waals surface area contributed by atoms with E-state index in [0.717, 1.165) is 19.6 Å². The summed E-state index contributed by atoms with van der Waals surface area (Å²) in [4.78, 5) is 0. The molecule has 1 nitrogen and oxygen atoms in total. The van der Waals surface area contributed by atoms with E-state index in [1.165, 1.54) is 5.57 Å². The van der Waals surface area contributed by atoms with Crippen molar-refractivity contribution in [3.63, 3.8) is 0 Å². The van der Waals surface area contributed by atoms with Gasteiger partial charge in [-0.25, -0.2) is 0 Å². The summed E-state index contributed by atoms with van der Waals surface area (Å²) < 4.78 is 6.12. The van der Waals surface area contributed by atoms with Gasteiger partial charge in [0, 0.05) is 0 Å². The van der Waals surface area contributed by atoms with E-state index in [9.17, 15) is 0 Å². The van der Waals surface area contributed by atoms with Crippen molar-refractivity contribution in [3.05, 3.63) is 11.6 Å². The van der Waals surface area contributed by atoms with Crippen molar-refractivity contribution in [1.82, 2.24) is 0 Å². The normalized spacial score (nSPS) is 14.4. The standard InChI is InChI=1S/C13H25O.W/c1-11(2)7-8-14-10-12(3)9-13(4,5)6;/h9H,7-8,10H2,1-6H3;/b12-9-;. The molecule has 0 spiro atoms. The Balaban J connectivity index is 3.74. The third-order valence-corrected chi connectivity index (χ3v) is 2.59. The molecule has 0 saturated carbocycles. The Bertz CT molecular complexity index is 206. The zero-order valence-electron chi connectivity index (χ0n) is 11.0. The molecule has 0 fully saturated rings. The Hall–Kier alpha value is 0.388. The van der Waals surface area contributed by atoms with Crippen LogP contribution in [-0.2, 0) is 24.6 Å². The number of allylic oxidation sites excluding steroid dienone is 1. The first-order valence-electron chi connectivity index (χ1n) is 5.57. The van der Waals surface area contributed by atoms with Gasteiger partial charge in [-0.2, -0.15) is 0 Å². The van der Waals surface area contributed by atoms with Gasteiger partial charge in [0.1, 0.15) is 0 Å². The molecule has 0 aliphatic rings. The minimum atomic E-state index is 0.265. The molecule has 0 N–H and O–H groups in total. The zero-order chi connectivity index (χ0) is 12.1. The predicted octanol–water partition coefficient (Wildman–Crippen LogP) is 4.13. The summed E-state index contributed by atoms with van der Waals surface area (Å²) in [6, 6.07) is 0. The van der Waals surface area contributed by atoms with E-state index < -0.39 is 0 Å². The molecular formula is C13H25OW. The molecular weight excluding hydrogens is 356 g/mol. The number of ether oxygens (including phenoxy) is 1. The van der Waals surface area contributed by atoms with E-state index in [4.69, 9.17) is 4.74 Å². The fourth-order valence-electron chi connectivity index (χ4n) is 1.33. The molecule has 2 heteroatoms. The van der Waals surface area contributed by atoms with Crippen molar-refractivity contribution < 1.29 is 24.6 Å². The molecule has 0 rings (SSSR count). The monoisotopic (exact) mass is 381 g/mol. The molecule has 0 unspecified atom stereocenters. The Morgan fingerprint density at radius 2 is 1.73 bits per heavy atom. The SMILES string of the molecule is C/C(=C/C(C)(C)C)COCC[C](C)(C)[W]. The van der Waals surface area contributed by atoms with Gasteiger partial charge in [0.2, 0.25) is 0 Å².